The number of carbonyl (C=O) groups excluding carboxylic acids is 1. The molecule has 2 fully saturated rings. The molecule has 1 saturated heterocycles. The average molecular weight is 193 g/mol. The number of nitriles is 1. The monoisotopic (exact) mass is 193 g/mol. The van der Waals surface area contributed by atoms with Crippen LogP contribution in [0.3, 0.4) is 0 Å². The van der Waals surface area contributed by atoms with Crippen LogP contribution in [-0.4, -0.2) is 29.4 Å². The van der Waals surface area contributed by atoms with Gasteiger partial charge < -0.3 is 5.73 Å². The highest BCUT2D eigenvalue weighted by molar-refractivity contribution is 5.80. The van der Waals surface area contributed by atoms with Gasteiger partial charge in [-0.1, -0.05) is 6.42 Å². The summed E-state index contributed by atoms with van der Waals surface area (Å²) >= 11 is 0. The highest BCUT2D eigenvalue weighted by Gasteiger charge is 2.42. The molecule has 1 aliphatic heterocycles. The van der Waals surface area contributed by atoms with Gasteiger partial charge in [-0.3, -0.25) is 9.69 Å². The van der Waals surface area contributed by atoms with Crippen LogP contribution in [0.25, 0.3) is 0 Å². The van der Waals surface area contributed by atoms with Gasteiger partial charge >= 0.3 is 0 Å². The van der Waals surface area contributed by atoms with Crippen molar-refractivity contribution in [2.24, 2.45) is 11.7 Å². The van der Waals surface area contributed by atoms with E-state index < -0.39 is 0 Å². The van der Waals surface area contributed by atoms with Crippen molar-refractivity contribution in [2.45, 2.75) is 37.8 Å². The first-order chi connectivity index (χ1) is 6.74. The summed E-state index contributed by atoms with van der Waals surface area (Å²) in [6, 6.07) is 2.51. The summed E-state index contributed by atoms with van der Waals surface area (Å²) in [7, 11) is 0. The van der Waals surface area contributed by atoms with E-state index in [9.17, 15) is 4.79 Å². The molecule has 1 amide bonds. The molecule has 1 saturated carbocycles. The minimum atomic E-state index is -0.236. The van der Waals surface area contributed by atoms with Gasteiger partial charge in [-0.25, -0.2) is 0 Å². The molecule has 2 rings (SSSR count). The van der Waals surface area contributed by atoms with Crippen molar-refractivity contribution in [1.82, 2.24) is 4.90 Å². The molecule has 3 unspecified atom stereocenters. The van der Waals surface area contributed by atoms with Crippen molar-refractivity contribution < 1.29 is 4.79 Å². The number of nitrogens with two attached hydrogens (primary N) is 1. The van der Waals surface area contributed by atoms with Gasteiger partial charge in [-0.05, 0) is 19.3 Å². The second-order valence-corrected chi connectivity index (χ2v) is 4.18. The Kier molecular flexibility index (Phi) is 2.42. The summed E-state index contributed by atoms with van der Waals surface area (Å²) in [5, 5.41) is 8.94. The fraction of sp³-hybridized carbons (Fsp3) is 0.800. The summed E-state index contributed by atoms with van der Waals surface area (Å²) in [5.74, 6) is -0.128. The molecule has 0 radical (unpaired) electrons. The van der Waals surface area contributed by atoms with E-state index in [4.69, 9.17) is 11.0 Å². The van der Waals surface area contributed by atoms with Crippen LogP contribution in [-0.2, 0) is 4.79 Å². The van der Waals surface area contributed by atoms with Gasteiger partial charge in [-0.15, -0.1) is 0 Å². The molecular weight excluding hydrogens is 178 g/mol. The minimum absolute atomic E-state index is 0.103. The molecule has 0 spiro atoms. The first kappa shape index (κ1) is 9.47. The first-order valence-electron chi connectivity index (χ1n) is 5.18. The number of rotatable bonds is 2. The lowest BCUT2D eigenvalue weighted by Crippen LogP contribution is -2.59. The second kappa shape index (κ2) is 3.58. The van der Waals surface area contributed by atoms with E-state index in [0.717, 1.165) is 32.2 Å². The normalized spacial score (nSPS) is 37.5. The number of amides is 1. The minimum Gasteiger partial charge on any atom is -0.368 e. The van der Waals surface area contributed by atoms with Crippen molar-refractivity contribution in [3.05, 3.63) is 0 Å². The predicted molar refractivity (Wildman–Crippen MR) is 51.0 cm³/mol. The molecule has 1 aliphatic carbocycles. The Balaban J connectivity index is 2.02. The zero-order chi connectivity index (χ0) is 10.1. The molecule has 2 N–H and O–H groups in total. The number of carbonyl (C=O) groups is 1. The van der Waals surface area contributed by atoms with E-state index in [-0.39, 0.29) is 23.9 Å². The van der Waals surface area contributed by atoms with Gasteiger partial charge in [0.1, 0.15) is 0 Å². The SMILES string of the molecule is N#CC1CCCC1N1CCC1C(N)=O. The largest absolute Gasteiger partial charge is 0.368 e. The Hall–Kier alpha value is -1.08. The van der Waals surface area contributed by atoms with Crippen molar-refractivity contribution in [1.29, 1.82) is 5.26 Å². The Morgan fingerprint density at radius 3 is 2.71 bits per heavy atom. The lowest BCUT2D eigenvalue weighted by atomic mass is 9.94. The van der Waals surface area contributed by atoms with Gasteiger partial charge in [0.25, 0.3) is 0 Å². The maximum absolute atomic E-state index is 11.0. The topological polar surface area (TPSA) is 70.1 Å². The van der Waals surface area contributed by atoms with E-state index in [0.29, 0.717) is 0 Å². The van der Waals surface area contributed by atoms with E-state index in [1.165, 1.54) is 0 Å². The molecular formula is C10H15N3O. The Labute approximate surface area is 83.7 Å². The molecule has 0 aromatic heterocycles. The number of likely N-dealkylation sites (tertiary alicyclic amines) is 1. The molecule has 1 heterocycles. The van der Waals surface area contributed by atoms with Crippen LogP contribution in [0, 0.1) is 17.2 Å². The van der Waals surface area contributed by atoms with Gasteiger partial charge in [0.05, 0.1) is 18.0 Å². The molecule has 3 atom stereocenters. The van der Waals surface area contributed by atoms with Crippen LogP contribution in [0.15, 0.2) is 0 Å². The molecule has 14 heavy (non-hydrogen) atoms. The Morgan fingerprint density at radius 1 is 1.43 bits per heavy atom. The van der Waals surface area contributed by atoms with Gasteiger partial charge in [0.2, 0.25) is 5.91 Å². The molecule has 0 aromatic rings. The molecule has 2 aliphatic rings. The molecule has 76 valence electrons. The van der Waals surface area contributed by atoms with E-state index in [1.54, 1.807) is 0 Å². The molecule has 4 nitrogen and oxygen atoms in total. The highest BCUT2D eigenvalue weighted by atomic mass is 16.1. The lowest BCUT2D eigenvalue weighted by Gasteiger charge is -2.44. The van der Waals surface area contributed by atoms with E-state index >= 15 is 0 Å². The molecule has 0 bridgehead atoms. The Bertz CT molecular complexity index is 284. The fourth-order valence-electron chi connectivity index (χ4n) is 2.60. The number of primary amides is 1. The molecule has 0 aromatic carbocycles. The van der Waals surface area contributed by atoms with Crippen LogP contribution in [0.5, 0.6) is 0 Å². The lowest BCUT2D eigenvalue weighted by molar-refractivity contribution is -0.129. The third-order valence-electron chi connectivity index (χ3n) is 3.46. The smallest absolute Gasteiger partial charge is 0.234 e. The van der Waals surface area contributed by atoms with E-state index in [1.807, 2.05) is 0 Å². The van der Waals surface area contributed by atoms with Gasteiger partial charge in [-0.2, -0.15) is 5.26 Å². The Morgan fingerprint density at radius 2 is 2.21 bits per heavy atom. The average Bonchev–Trinajstić information content (AvgIpc) is 2.49. The highest BCUT2D eigenvalue weighted by Crippen LogP contribution is 2.34. The van der Waals surface area contributed by atoms with Crippen molar-refractivity contribution >= 4 is 5.91 Å². The van der Waals surface area contributed by atoms with Crippen LogP contribution < -0.4 is 5.73 Å². The zero-order valence-electron chi connectivity index (χ0n) is 8.15. The van der Waals surface area contributed by atoms with Crippen LogP contribution >= 0.6 is 0 Å². The second-order valence-electron chi connectivity index (χ2n) is 4.18. The van der Waals surface area contributed by atoms with E-state index in [2.05, 4.69) is 11.0 Å². The maximum atomic E-state index is 11.0. The third kappa shape index (κ3) is 1.38. The molecule has 4 heteroatoms. The van der Waals surface area contributed by atoms with Crippen molar-refractivity contribution in [3.63, 3.8) is 0 Å². The summed E-state index contributed by atoms with van der Waals surface area (Å²) in [6.45, 7) is 0.927. The summed E-state index contributed by atoms with van der Waals surface area (Å²) in [6.07, 6.45) is 3.99. The summed E-state index contributed by atoms with van der Waals surface area (Å²) in [5.41, 5.74) is 5.28. The van der Waals surface area contributed by atoms with Gasteiger partial charge in [0.15, 0.2) is 0 Å². The fourth-order valence-corrected chi connectivity index (χ4v) is 2.60. The van der Waals surface area contributed by atoms with Crippen LogP contribution in [0.4, 0.5) is 0 Å². The zero-order valence-corrected chi connectivity index (χ0v) is 8.15. The number of hydrogen-bond acceptors (Lipinski definition) is 3. The predicted octanol–water partition coefficient (Wildman–Crippen LogP) is 0.238. The maximum Gasteiger partial charge on any atom is 0.234 e. The van der Waals surface area contributed by atoms with Crippen LogP contribution in [0.2, 0.25) is 0 Å². The van der Waals surface area contributed by atoms with Crippen LogP contribution in [0.1, 0.15) is 25.7 Å². The quantitative estimate of drug-likeness (QED) is 0.682. The van der Waals surface area contributed by atoms with Crippen molar-refractivity contribution in [2.75, 3.05) is 6.54 Å². The summed E-state index contributed by atoms with van der Waals surface area (Å²) in [4.78, 5) is 13.2. The standard InChI is InChI=1S/C10H15N3O/c11-6-7-2-1-3-8(7)13-5-4-9(13)10(12)14/h7-9H,1-5H2,(H2,12,14). The number of hydrogen-bond donors (Lipinski definition) is 1. The number of nitrogens with zero attached hydrogens (tertiary/aromatic N) is 2. The van der Waals surface area contributed by atoms with Gasteiger partial charge in [0, 0.05) is 12.6 Å². The third-order valence-corrected chi connectivity index (χ3v) is 3.46. The first-order valence-corrected chi connectivity index (χ1v) is 5.18. The summed E-state index contributed by atoms with van der Waals surface area (Å²) < 4.78 is 0. The van der Waals surface area contributed by atoms with Crippen molar-refractivity contribution in [3.8, 4) is 6.07 Å².